The molecule has 1 N–H and O–H groups in total. The van der Waals surface area contributed by atoms with Gasteiger partial charge in [0.05, 0.1) is 12.2 Å². The highest BCUT2D eigenvalue weighted by Gasteiger charge is 2.59. The molecule has 3 unspecified atom stereocenters. The molecular formula is C25H31N3O. The molecule has 3 aliphatic carbocycles. The predicted molar refractivity (Wildman–Crippen MR) is 116 cm³/mol. The molecule has 2 fully saturated rings. The molecule has 0 radical (unpaired) electrons. The van der Waals surface area contributed by atoms with Gasteiger partial charge in [-0.05, 0) is 60.5 Å². The van der Waals surface area contributed by atoms with Crippen molar-refractivity contribution < 1.29 is 4.79 Å². The first-order valence-corrected chi connectivity index (χ1v) is 11.0. The topological polar surface area (TPSA) is 46.9 Å². The summed E-state index contributed by atoms with van der Waals surface area (Å²) in [7, 11) is 0. The SMILES string of the molecule is CC12CCC(C1)C(C)(C)C2NC(=O)c1nn(Cc2ccccc2)c2c1CCC=C2. The molecule has 1 aromatic carbocycles. The summed E-state index contributed by atoms with van der Waals surface area (Å²) in [6.07, 6.45) is 9.92. The molecule has 0 saturated heterocycles. The molecule has 2 bridgehead atoms. The number of carbonyl (C=O) groups excluding carboxylic acids is 1. The zero-order chi connectivity index (χ0) is 20.2. The summed E-state index contributed by atoms with van der Waals surface area (Å²) in [6, 6.07) is 10.6. The number of benzene rings is 1. The Kier molecular flexibility index (Phi) is 4.23. The number of fused-ring (bicyclic) bond motifs is 3. The van der Waals surface area contributed by atoms with Crippen molar-refractivity contribution in [2.75, 3.05) is 0 Å². The van der Waals surface area contributed by atoms with Crippen LogP contribution in [0.25, 0.3) is 6.08 Å². The van der Waals surface area contributed by atoms with Crippen LogP contribution < -0.4 is 5.32 Å². The van der Waals surface area contributed by atoms with Gasteiger partial charge in [0.2, 0.25) is 0 Å². The molecule has 3 atom stereocenters. The highest BCUT2D eigenvalue weighted by molar-refractivity contribution is 5.95. The maximum atomic E-state index is 13.4. The van der Waals surface area contributed by atoms with Crippen LogP contribution in [0.1, 0.15) is 73.8 Å². The Morgan fingerprint density at radius 1 is 1.24 bits per heavy atom. The second-order valence-electron chi connectivity index (χ2n) is 10.1. The molecule has 0 spiro atoms. The van der Waals surface area contributed by atoms with Crippen LogP contribution >= 0.6 is 0 Å². The van der Waals surface area contributed by atoms with Crippen molar-refractivity contribution in [2.24, 2.45) is 16.7 Å². The summed E-state index contributed by atoms with van der Waals surface area (Å²) < 4.78 is 2.00. The number of nitrogens with one attached hydrogen (secondary N) is 1. The molecule has 2 aromatic rings. The summed E-state index contributed by atoms with van der Waals surface area (Å²) >= 11 is 0. The largest absolute Gasteiger partial charge is 0.347 e. The van der Waals surface area contributed by atoms with E-state index in [1.807, 2.05) is 22.9 Å². The highest BCUT2D eigenvalue weighted by Crippen LogP contribution is 2.62. The highest BCUT2D eigenvalue weighted by atomic mass is 16.2. The normalized spacial score (nSPS) is 29.1. The van der Waals surface area contributed by atoms with Gasteiger partial charge in [-0.3, -0.25) is 9.48 Å². The number of nitrogens with zero attached hydrogens (tertiary/aromatic N) is 2. The van der Waals surface area contributed by atoms with Gasteiger partial charge in [0.15, 0.2) is 5.69 Å². The minimum Gasteiger partial charge on any atom is -0.347 e. The molecule has 1 amide bonds. The number of hydrogen-bond acceptors (Lipinski definition) is 2. The minimum atomic E-state index is 0.00946. The van der Waals surface area contributed by atoms with Crippen molar-refractivity contribution in [1.82, 2.24) is 15.1 Å². The van der Waals surface area contributed by atoms with E-state index in [4.69, 9.17) is 5.10 Å². The number of rotatable bonds is 4. The van der Waals surface area contributed by atoms with Crippen molar-refractivity contribution in [3.8, 4) is 0 Å². The summed E-state index contributed by atoms with van der Waals surface area (Å²) in [5, 5.41) is 8.26. The number of hydrogen-bond donors (Lipinski definition) is 1. The van der Waals surface area contributed by atoms with Gasteiger partial charge in [0, 0.05) is 11.6 Å². The van der Waals surface area contributed by atoms with Crippen LogP contribution in [-0.4, -0.2) is 21.7 Å². The average Bonchev–Trinajstić information content (AvgIpc) is 3.33. The van der Waals surface area contributed by atoms with Crippen LogP contribution in [0.4, 0.5) is 0 Å². The van der Waals surface area contributed by atoms with E-state index in [2.05, 4.69) is 50.4 Å². The fourth-order valence-corrected chi connectivity index (χ4v) is 6.29. The van der Waals surface area contributed by atoms with E-state index in [0.717, 1.165) is 24.1 Å². The molecule has 5 rings (SSSR count). The van der Waals surface area contributed by atoms with E-state index >= 15 is 0 Å². The van der Waals surface area contributed by atoms with Gasteiger partial charge in [-0.1, -0.05) is 57.2 Å². The maximum absolute atomic E-state index is 13.4. The quantitative estimate of drug-likeness (QED) is 0.814. The summed E-state index contributed by atoms with van der Waals surface area (Å²) in [6.45, 7) is 7.72. The van der Waals surface area contributed by atoms with E-state index in [9.17, 15) is 4.79 Å². The molecule has 4 heteroatoms. The third-order valence-corrected chi connectivity index (χ3v) is 7.87. The zero-order valence-corrected chi connectivity index (χ0v) is 17.7. The van der Waals surface area contributed by atoms with E-state index < -0.39 is 0 Å². The van der Waals surface area contributed by atoms with Crippen LogP contribution in [0, 0.1) is 16.7 Å². The summed E-state index contributed by atoms with van der Waals surface area (Å²) in [5.41, 5.74) is 4.38. The van der Waals surface area contributed by atoms with Crippen molar-refractivity contribution in [3.05, 3.63) is 58.9 Å². The average molecular weight is 390 g/mol. The van der Waals surface area contributed by atoms with Gasteiger partial charge in [-0.15, -0.1) is 0 Å². The lowest BCUT2D eigenvalue weighted by Crippen LogP contribution is -2.52. The van der Waals surface area contributed by atoms with Crippen LogP contribution in [0.2, 0.25) is 0 Å². The molecule has 1 heterocycles. The predicted octanol–water partition coefficient (Wildman–Crippen LogP) is 4.84. The lowest BCUT2D eigenvalue weighted by molar-refractivity contribution is 0.0731. The monoisotopic (exact) mass is 389 g/mol. The minimum absolute atomic E-state index is 0.00946. The third-order valence-electron chi connectivity index (χ3n) is 7.87. The Labute approximate surface area is 173 Å². The lowest BCUT2D eigenvalue weighted by atomic mass is 9.68. The maximum Gasteiger partial charge on any atom is 0.272 e. The van der Waals surface area contributed by atoms with Gasteiger partial charge >= 0.3 is 0 Å². The third kappa shape index (κ3) is 2.95. The fourth-order valence-electron chi connectivity index (χ4n) is 6.29. The Balaban J connectivity index is 1.45. The lowest BCUT2D eigenvalue weighted by Gasteiger charge is -2.43. The molecule has 0 aliphatic heterocycles. The molecule has 29 heavy (non-hydrogen) atoms. The Bertz CT molecular complexity index is 967. The standard InChI is InChI=1S/C25H31N3O/c1-24(2)18-13-14-25(3,15-18)23(24)26-22(29)21-19-11-7-8-12-20(19)28(27-21)16-17-9-5-4-6-10-17/h4-6,8-10,12,18,23H,7,11,13-16H2,1-3H3,(H,26,29). The first-order chi connectivity index (χ1) is 13.9. The van der Waals surface area contributed by atoms with Crippen LogP contribution in [0.5, 0.6) is 0 Å². The van der Waals surface area contributed by atoms with Gasteiger partial charge in [-0.2, -0.15) is 5.10 Å². The summed E-state index contributed by atoms with van der Waals surface area (Å²) in [4.78, 5) is 13.4. The van der Waals surface area contributed by atoms with E-state index in [1.54, 1.807) is 0 Å². The van der Waals surface area contributed by atoms with E-state index in [-0.39, 0.29) is 22.8 Å². The molecule has 1 aromatic heterocycles. The molecular weight excluding hydrogens is 358 g/mol. The number of aromatic nitrogens is 2. The smallest absolute Gasteiger partial charge is 0.272 e. The zero-order valence-electron chi connectivity index (χ0n) is 17.7. The van der Waals surface area contributed by atoms with Crippen LogP contribution in [-0.2, 0) is 13.0 Å². The Morgan fingerprint density at radius 2 is 2.03 bits per heavy atom. The van der Waals surface area contributed by atoms with Crippen molar-refractivity contribution >= 4 is 12.0 Å². The molecule has 3 aliphatic rings. The first-order valence-electron chi connectivity index (χ1n) is 11.0. The fraction of sp³-hybridized carbons (Fsp3) is 0.520. The second kappa shape index (κ2) is 6.58. The van der Waals surface area contributed by atoms with Crippen LogP contribution in [0.15, 0.2) is 36.4 Å². The Morgan fingerprint density at radius 3 is 2.76 bits per heavy atom. The number of amides is 1. The van der Waals surface area contributed by atoms with Crippen molar-refractivity contribution in [2.45, 2.75) is 65.5 Å². The van der Waals surface area contributed by atoms with Crippen LogP contribution in [0.3, 0.4) is 0 Å². The number of allylic oxidation sites excluding steroid dienone is 1. The first kappa shape index (κ1) is 18.7. The van der Waals surface area contributed by atoms with Crippen molar-refractivity contribution in [1.29, 1.82) is 0 Å². The van der Waals surface area contributed by atoms with Crippen molar-refractivity contribution in [3.63, 3.8) is 0 Å². The molecule has 2 saturated carbocycles. The molecule has 152 valence electrons. The second-order valence-corrected chi connectivity index (χ2v) is 10.1. The van der Waals surface area contributed by atoms with E-state index in [0.29, 0.717) is 18.2 Å². The summed E-state index contributed by atoms with van der Waals surface area (Å²) in [5.74, 6) is 0.723. The van der Waals surface area contributed by atoms with Gasteiger partial charge < -0.3 is 5.32 Å². The Hall–Kier alpha value is -2.36. The van der Waals surface area contributed by atoms with Gasteiger partial charge in [-0.25, -0.2) is 0 Å². The van der Waals surface area contributed by atoms with Gasteiger partial charge in [0.25, 0.3) is 5.91 Å². The molecule has 4 nitrogen and oxygen atoms in total. The van der Waals surface area contributed by atoms with E-state index in [1.165, 1.54) is 24.8 Å². The number of carbonyl (C=O) groups is 1. The van der Waals surface area contributed by atoms with Gasteiger partial charge in [0.1, 0.15) is 0 Å².